The number of carbonyl (C=O) groups is 1. The summed E-state index contributed by atoms with van der Waals surface area (Å²) in [6.45, 7) is 6.29. The van der Waals surface area contributed by atoms with E-state index in [-0.39, 0.29) is 17.6 Å². The largest absolute Gasteiger partial charge is 0.497 e. The molecular formula is C30H36N2O3. The van der Waals surface area contributed by atoms with Crippen molar-refractivity contribution >= 4 is 5.91 Å². The average Bonchev–Trinajstić information content (AvgIpc) is 3.35. The maximum absolute atomic E-state index is 13.1. The van der Waals surface area contributed by atoms with Gasteiger partial charge in [-0.25, -0.2) is 0 Å². The number of methoxy groups -OCH3 is 1. The van der Waals surface area contributed by atoms with Crippen LogP contribution in [0.1, 0.15) is 44.2 Å². The van der Waals surface area contributed by atoms with Crippen LogP contribution in [0.5, 0.6) is 11.5 Å². The van der Waals surface area contributed by atoms with Crippen LogP contribution in [0.25, 0.3) is 0 Å². The molecule has 3 aromatic carbocycles. The monoisotopic (exact) mass is 472 g/mol. The molecule has 2 N–H and O–H groups in total. The number of primary amides is 1. The molecule has 0 aromatic heterocycles. The van der Waals surface area contributed by atoms with Crippen LogP contribution in [-0.4, -0.2) is 42.6 Å². The molecule has 184 valence electrons. The van der Waals surface area contributed by atoms with Crippen LogP contribution >= 0.6 is 0 Å². The number of hydrogen-bond donors (Lipinski definition) is 1. The molecule has 1 saturated heterocycles. The maximum atomic E-state index is 13.1. The molecule has 1 amide bonds. The first-order valence-electron chi connectivity index (χ1n) is 12.3. The summed E-state index contributed by atoms with van der Waals surface area (Å²) in [4.78, 5) is 15.6. The van der Waals surface area contributed by atoms with E-state index in [1.165, 1.54) is 0 Å². The summed E-state index contributed by atoms with van der Waals surface area (Å²) >= 11 is 0. The molecule has 5 heteroatoms. The molecule has 1 aliphatic heterocycles. The van der Waals surface area contributed by atoms with Gasteiger partial charge in [0.1, 0.15) is 17.6 Å². The van der Waals surface area contributed by atoms with Gasteiger partial charge in [0.25, 0.3) is 0 Å². The predicted octanol–water partition coefficient (Wildman–Crippen LogP) is 5.18. The smallest absolute Gasteiger partial charge is 0.232 e. The normalized spacial score (nSPS) is 16.7. The summed E-state index contributed by atoms with van der Waals surface area (Å²) in [5.74, 6) is 1.31. The van der Waals surface area contributed by atoms with Crippen LogP contribution < -0.4 is 15.2 Å². The van der Waals surface area contributed by atoms with Gasteiger partial charge in [-0.2, -0.15) is 0 Å². The second kappa shape index (κ2) is 10.5. The average molecular weight is 473 g/mol. The van der Waals surface area contributed by atoms with Gasteiger partial charge in [0.05, 0.1) is 12.5 Å². The Kier molecular flexibility index (Phi) is 7.46. The number of rotatable bonds is 10. The molecule has 0 spiro atoms. The van der Waals surface area contributed by atoms with Crippen molar-refractivity contribution in [2.24, 2.45) is 5.73 Å². The number of hydrogen-bond acceptors (Lipinski definition) is 4. The Bertz CT molecular complexity index is 1080. The van der Waals surface area contributed by atoms with E-state index in [9.17, 15) is 4.79 Å². The summed E-state index contributed by atoms with van der Waals surface area (Å²) in [6.07, 6.45) is 2.51. The first-order valence-corrected chi connectivity index (χ1v) is 12.3. The van der Waals surface area contributed by atoms with Crippen molar-refractivity contribution in [3.63, 3.8) is 0 Å². The lowest BCUT2D eigenvalue weighted by molar-refractivity contribution is -0.122. The molecule has 3 aromatic rings. The molecule has 1 aliphatic rings. The van der Waals surface area contributed by atoms with Gasteiger partial charge in [0.15, 0.2) is 0 Å². The molecular weight excluding hydrogens is 436 g/mol. The van der Waals surface area contributed by atoms with Gasteiger partial charge >= 0.3 is 0 Å². The Balaban J connectivity index is 1.51. The topological polar surface area (TPSA) is 64.8 Å². The summed E-state index contributed by atoms with van der Waals surface area (Å²) < 4.78 is 11.6. The molecule has 0 bridgehead atoms. The number of likely N-dealkylation sites (tertiary alicyclic amines) is 1. The second-order valence-corrected chi connectivity index (χ2v) is 9.97. The Morgan fingerprint density at radius 3 is 2.09 bits per heavy atom. The van der Waals surface area contributed by atoms with Gasteiger partial charge in [-0.1, -0.05) is 66.7 Å². The highest BCUT2D eigenvalue weighted by Gasteiger charge is 2.43. The first kappa shape index (κ1) is 24.8. The second-order valence-electron chi connectivity index (χ2n) is 9.97. The number of nitrogens with zero attached hydrogens (tertiary/aromatic N) is 1. The Morgan fingerprint density at radius 1 is 0.914 bits per heavy atom. The SMILES string of the molecule is COc1cccc(OC2CCN(C(C)(C)CCC(C(N)=O)(c3ccccc3)c3ccccc3)C2)c1. The van der Waals surface area contributed by atoms with Crippen molar-refractivity contribution in [3.8, 4) is 11.5 Å². The molecule has 0 saturated carbocycles. The lowest BCUT2D eigenvalue weighted by Crippen LogP contribution is -2.47. The fourth-order valence-electron chi connectivity index (χ4n) is 5.20. The lowest BCUT2D eigenvalue weighted by atomic mass is 9.69. The van der Waals surface area contributed by atoms with Crippen LogP contribution in [0.4, 0.5) is 0 Å². The van der Waals surface area contributed by atoms with Crippen LogP contribution in [0.2, 0.25) is 0 Å². The van der Waals surface area contributed by atoms with E-state index in [1.54, 1.807) is 7.11 Å². The fourth-order valence-corrected chi connectivity index (χ4v) is 5.20. The standard InChI is InChI=1S/C30H36N2O3/c1-29(2,32-20-17-27(22-32)35-26-16-10-15-25(21-26)34-3)18-19-30(28(31)33,23-11-6-4-7-12-23)24-13-8-5-9-14-24/h4-16,21,27H,17-20,22H2,1-3H3,(H2,31,33). The van der Waals surface area contributed by atoms with Gasteiger partial charge in [-0.3, -0.25) is 9.69 Å². The number of nitrogens with two attached hydrogens (primary N) is 1. The number of amides is 1. The van der Waals surface area contributed by atoms with E-state index in [4.69, 9.17) is 15.2 Å². The van der Waals surface area contributed by atoms with E-state index in [0.29, 0.717) is 6.42 Å². The van der Waals surface area contributed by atoms with Crippen molar-refractivity contribution in [2.75, 3.05) is 20.2 Å². The minimum atomic E-state index is -0.879. The summed E-state index contributed by atoms with van der Waals surface area (Å²) in [5.41, 5.74) is 7.04. The molecule has 4 rings (SSSR count). The first-order chi connectivity index (χ1) is 16.8. The van der Waals surface area contributed by atoms with E-state index in [1.807, 2.05) is 84.9 Å². The molecule has 35 heavy (non-hydrogen) atoms. The van der Waals surface area contributed by atoms with Crippen LogP contribution in [0, 0.1) is 0 Å². The van der Waals surface area contributed by atoms with E-state index >= 15 is 0 Å². The minimum Gasteiger partial charge on any atom is -0.497 e. The zero-order valence-corrected chi connectivity index (χ0v) is 20.9. The predicted molar refractivity (Wildman–Crippen MR) is 140 cm³/mol. The Labute approximate surface area is 208 Å². The minimum absolute atomic E-state index is 0.116. The number of benzene rings is 3. The summed E-state index contributed by atoms with van der Waals surface area (Å²) in [6, 6.07) is 27.6. The third kappa shape index (κ3) is 5.35. The fraction of sp³-hybridized carbons (Fsp3) is 0.367. The number of ether oxygens (including phenoxy) is 2. The van der Waals surface area contributed by atoms with Crippen molar-refractivity contribution in [3.05, 3.63) is 96.1 Å². The van der Waals surface area contributed by atoms with Crippen molar-refractivity contribution in [1.82, 2.24) is 4.90 Å². The van der Waals surface area contributed by atoms with Crippen LogP contribution in [0.15, 0.2) is 84.9 Å². The van der Waals surface area contributed by atoms with Gasteiger partial charge in [-0.15, -0.1) is 0 Å². The molecule has 1 atom stereocenters. The lowest BCUT2D eigenvalue weighted by Gasteiger charge is -2.40. The Hall–Kier alpha value is -3.31. The van der Waals surface area contributed by atoms with Crippen molar-refractivity contribution < 1.29 is 14.3 Å². The summed E-state index contributed by atoms with van der Waals surface area (Å²) in [5, 5.41) is 0. The third-order valence-corrected chi connectivity index (χ3v) is 7.41. The molecule has 5 nitrogen and oxygen atoms in total. The molecule has 1 fully saturated rings. The zero-order valence-electron chi connectivity index (χ0n) is 20.9. The van der Waals surface area contributed by atoms with Gasteiger partial charge in [0.2, 0.25) is 5.91 Å². The highest BCUT2D eigenvalue weighted by molar-refractivity contribution is 5.90. The molecule has 1 heterocycles. The van der Waals surface area contributed by atoms with Crippen LogP contribution in [0.3, 0.4) is 0 Å². The maximum Gasteiger partial charge on any atom is 0.232 e. The molecule has 1 unspecified atom stereocenters. The zero-order chi connectivity index (χ0) is 24.9. The third-order valence-electron chi connectivity index (χ3n) is 7.41. The quantitative estimate of drug-likeness (QED) is 0.442. The molecule has 0 aliphatic carbocycles. The highest BCUT2D eigenvalue weighted by atomic mass is 16.5. The Morgan fingerprint density at radius 2 is 1.51 bits per heavy atom. The van der Waals surface area contributed by atoms with Crippen LogP contribution in [-0.2, 0) is 10.2 Å². The molecule has 0 radical (unpaired) electrons. The van der Waals surface area contributed by atoms with E-state index in [2.05, 4.69) is 18.7 Å². The van der Waals surface area contributed by atoms with E-state index in [0.717, 1.165) is 48.6 Å². The van der Waals surface area contributed by atoms with Gasteiger partial charge in [-0.05, 0) is 56.4 Å². The van der Waals surface area contributed by atoms with Gasteiger partial charge in [0, 0.05) is 24.7 Å². The highest BCUT2D eigenvalue weighted by Crippen LogP contribution is 2.40. The van der Waals surface area contributed by atoms with Crippen molar-refractivity contribution in [2.45, 2.75) is 50.2 Å². The van der Waals surface area contributed by atoms with Crippen molar-refractivity contribution in [1.29, 1.82) is 0 Å². The van der Waals surface area contributed by atoms with Gasteiger partial charge < -0.3 is 15.2 Å². The van der Waals surface area contributed by atoms with E-state index < -0.39 is 5.41 Å². The summed E-state index contributed by atoms with van der Waals surface area (Å²) in [7, 11) is 1.66. The number of carbonyl (C=O) groups excluding carboxylic acids is 1.